The van der Waals surface area contributed by atoms with E-state index in [1.807, 2.05) is 0 Å². The van der Waals surface area contributed by atoms with Gasteiger partial charge in [0.25, 0.3) is 0 Å². The van der Waals surface area contributed by atoms with Crippen LogP contribution >= 0.6 is 0 Å². The topological polar surface area (TPSA) is 90.9 Å². The van der Waals surface area contributed by atoms with Crippen molar-refractivity contribution in [1.29, 1.82) is 0 Å². The van der Waals surface area contributed by atoms with Gasteiger partial charge in [-0.1, -0.05) is 0 Å². The Hall–Kier alpha value is -1.72. The molecule has 0 saturated heterocycles. The van der Waals surface area contributed by atoms with Gasteiger partial charge < -0.3 is 37.6 Å². The molecule has 15 heteroatoms. The standard InChI is InChI=1S/C24H37F5O9Si/c1-39(2,3)37-17-16-36-15-14-35-13-12-34-11-10-33-9-8-32-7-6-31-5-4-18(30)38-24-22(28)20(26)19(25)21(27)23(24)29/h4-17H2,1-3H3. The second kappa shape index (κ2) is 20.2. The molecule has 0 N–H and O–H groups in total. The minimum Gasteiger partial charge on any atom is -0.420 e. The Morgan fingerprint density at radius 1 is 0.513 bits per heavy atom. The highest BCUT2D eigenvalue weighted by atomic mass is 28.4. The van der Waals surface area contributed by atoms with Crippen LogP contribution in [0.5, 0.6) is 5.75 Å². The minimum absolute atomic E-state index is 0.0935. The molecule has 0 heterocycles. The molecular weight excluding hydrogens is 555 g/mol. The summed E-state index contributed by atoms with van der Waals surface area (Å²) in [4.78, 5) is 11.6. The molecule has 0 bridgehead atoms. The molecule has 0 saturated carbocycles. The minimum atomic E-state index is -2.34. The van der Waals surface area contributed by atoms with Crippen molar-refractivity contribution in [3.8, 4) is 5.75 Å². The number of esters is 1. The molecule has 0 aliphatic rings. The lowest BCUT2D eigenvalue weighted by atomic mass is 10.2. The Bertz CT molecular complexity index is 814. The molecule has 1 aromatic carbocycles. The maximum atomic E-state index is 13.5. The summed E-state index contributed by atoms with van der Waals surface area (Å²) in [6.07, 6.45) is -0.477. The summed E-state index contributed by atoms with van der Waals surface area (Å²) >= 11 is 0. The maximum absolute atomic E-state index is 13.5. The summed E-state index contributed by atoms with van der Waals surface area (Å²) in [6, 6.07) is 0. The predicted molar refractivity (Wildman–Crippen MR) is 131 cm³/mol. The van der Waals surface area contributed by atoms with Crippen LogP contribution in [0, 0.1) is 29.1 Å². The Labute approximate surface area is 225 Å². The molecule has 0 amide bonds. The van der Waals surface area contributed by atoms with Crippen LogP contribution in [0.3, 0.4) is 0 Å². The molecule has 0 spiro atoms. The van der Waals surface area contributed by atoms with Crippen LogP contribution in [0.15, 0.2) is 0 Å². The number of benzene rings is 1. The van der Waals surface area contributed by atoms with E-state index in [-0.39, 0.29) is 26.4 Å². The summed E-state index contributed by atoms with van der Waals surface area (Å²) in [6.45, 7) is 10.8. The number of carbonyl (C=O) groups is 1. The number of hydrogen-bond donors (Lipinski definition) is 0. The van der Waals surface area contributed by atoms with Crippen LogP contribution in [-0.4, -0.2) is 100 Å². The average molecular weight is 593 g/mol. The number of halogens is 5. The van der Waals surface area contributed by atoms with Crippen molar-refractivity contribution in [2.75, 3.05) is 85.9 Å². The summed E-state index contributed by atoms with van der Waals surface area (Å²) in [5.74, 6) is -14.1. The molecule has 0 aliphatic heterocycles. The first kappa shape index (κ1) is 35.3. The molecule has 0 atom stereocenters. The van der Waals surface area contributed by atoms with Crippen molar-refractivity contribution in [3.05, 3.63) is 29.1 Å². The molecule has 1 aromatic rings. The Morgan fingerprint density at radius 3 is 1.18 bits per heavy atom. The molecular formula is C24H37F5O9Si. The van der Waals surface area contributed by atoms with Gasteiger partial charge in [-0.2, -0.15) is 8.78 Å². The fourth-order valence-corrected chi connectivity index (χ4v) is 3.30. The van der Waals surface area contributed by atoms with Crippen LogP contribution in [0.4, 0.5) is 22.0 Å². The molecule has 39 heavy (non-hydrogen) atoms. The first-order valence-corrected chi connectivity index (χ1v) is 15.8. The Kier molecular flexibility index (Phi) is 18.3. The molecule has 0 fully saturated rings. The zero-order valence-electron chi connectivity index (χ0n) is 22.5. The maximum Gasteiger partial charge on any atom is 0.313 e. The van der Waals surface area contributed by atoms with Gasteiger partial charge in [0, 0.05) is 0 Å². The third-order valence-corrected chi connectivity index (χ3v) is 5.53. The zero-order valence-corrected chi connectivity index (χ0v) is 23.5. The lowest BCUT2D eigenvalue weighted by Crippen LogP contribution is -2.27. The highest BCUT2D eigenvalue weighted by Gasteiger charge is 2.28. The van der Waals surface area contributed by atoms with E-state index in [1.54, 1.807) is 0 Å². The van der Waals surface area contributed by atoms with E-state index in [0.717, 1.165) is 0 Å². The van der Waals surface area contributed by atoms with Crippen molar-refractivity contribution < 1.29 is 64.3 Å². The average Bonchev–Trinajstić information content (AvgIpc) is 2.89. The van der Waals surface area contributed by atoms with Crippen molar-refractivity contribution in [2.24, 2.45) is 0 Å². The van der Waals surface area contributed by atoms with E-state index in [4.69, 9.17) is 32.8 Å². The highest BCUT2D eigenvalue weighted by molar-refractivity contribution is 6.69. The van der Waals surface area contributed by atoms with Gasteiger partial charge in [-0.3, -0.25) is 4.79 Å². The van der Waals surface area contributed by atoms with E-state index in [9.17, 15) is 26.7 Å². The van der Waals surface area contributed by atoms with Crippen LogP contribution in [0.1, 0.15) is 6.42 Å². The normalized spacial score (nSPS) is 11.8. The van der Waals surface area contributed by atoms with Crippen molar-refractivity contribution >= 4 is 14.3 Å². The van der Waals surface area contributed by atoms with Crippen molar-refractivity contribution in [2.45, 2.75) is 26.1 Å². The van der Waals surface area contributed by atoms with E-state index >= 15 is 0 Å². The quantitative estimate of drug-likeness (QED) is 0.0360. The largest absolute Gasteiger partial charge is 0.420 e. The lowest BCUT2D eigenvalue weighted by molar-refractivity contribution is -0.136. The van der Waals surface area contributed by atoms with Crippen molar-refractivity contribution in [1.82, 2.24) is 0 Å². The predicted octanol–water partition coefficient (Wildman–Crippen LogP) is 3.63. The molecule has 0 unspecified atom stereocenters. The van der Waals surface area contributed by atoms with Gasteiger partial charge in [0.1, 0.15) is 0 Å². The fourth-order valence-electron chi connectivity index (χ4n) is 2.60. The molecule has 9 nitrogen and oxygen atoms in total. The third kappa shape index (κ3) is 16.2. The molecule has 0 aromatic heterocycles. The van der Waals surface area contributed by atoms with Gasteiger partial charge in [-0.25, -0.2) is 13.2 Å². The van der Waals surface area contributed by atoms with Gasteiger partial charge in [-0.05, 0) is 19.6 Å². The van der Waals surface area contributed by atoms with Crippen LogP contribution in [0.25, 0.3) is 0 Å². The van der Waals surface area contributed by atoms with Gasteiger partial charge in [0.2, 0.25) is 34.8 Å². The van der Waals surface area contributed by atoms with Gasteiger partial charge >= 0.3 is 5.97 Å². The monoisotopic (exact) mass is 592 g/mol. The summed E-state index contributed by atoms with van der Waals surface area (Å²) in [7, 11) is -1.49. The summed E-state index contributed by atoms with van der Waals surface area (Å²) in [5.41, 5.74) is 0. The zero-order chi connectivity index (χ0) is 29.1. The molecule has 1 rings (SSSR count). The fraction of sp³-hybridized carbons (Fsp3) is 0.708. The number of carbonyl (C=O) groups excluding carboxylic acids is 1. The van der Waals surface area contributed by atoms with E-state index in [2.05, 4.69) is 24.4 Å². The van der Waals surface area contributed by atoms with Crippen molar-refractivity contribution in [3.63, 3.8) is 0 Å². The second-order valence-corrected chi connectivity index (χ2v) is 13.3. The first-order chi connectivity index (χ1) is 18.5. The van der Waals surface area contributed by atoms with Crippen LogP contribution in [0.2, 0.25) is 19.6 Å². The van der Waals surface area contributed by atoms with E-state index in [1.165, 1.54) is 0 Å². The smallest absolute Gasteiger partial charge is 0.313 e. The second-order valence-electron chi connectivity index (χ2n) is 8.76. The van der Waals surface area contributed by atoms with E-state index in [0.29, 0.717) is 59.5 Å². The SMILES string of the molecule is C[Si](C)(C)OCCOCCOCCOCCOCCOCCOCCC(=O)Oc1c(F)c(F)c(F)c(F)c1F. The Balaban J connectivity index is 1.88. The van der Waals surface area contributed by atoms with Gasteiger partial charge in [-0.15, -0.1) is 0 Å². The third-order valence-electron chi connectivity index (χ3n) is 4.46. The first-order valence-electron chi connectivity index (χ1n) is 12.4. The number of hydrogen-bond acceptors (Lipinski definition) is 9. The number of ether oxygens (including phenoxy) is 7. The summed E-state index contributed by atoms with van der Waals surface area (Å²) < 4.78 is 108. The van der Waals surface area contributed by atoms with Gasteiger partial charge in [0.15, 0.2) is 8.32 Å². The highest BCUT2D eigenvalue weighted by Crippen LogP contribution is 2.29. The number of rotatable bonds is 23. The lowest BCUT2D eigenvalue weighted by Gasteiger charge is -2.16. The molecule has 226 valence electrons. The Morgan fingerprint density at radius 2 is 0.821 bits per heavy atom. The van der Waals surface area contributed by atoms with E-state index < -0.39 is 55.5 Å². The van der Waals surface area contributed by atoms with Gasteiger partial charge in [0.05, 0.1) is 92.3 Å². The van der Waals surface area contributed by atoms with Crippen LogP contribution < -0.4 is 4.74 Å². The van der Waals surface area contributed by atoms with Crippen LogP contribution in [-0.2, 0) is 37.6 Å². The molecule has 0 aliphatic carbocycles. The molecule has 0 radical (unpaired) electrons. The summed E-state index contributed by atoms with van der Waals surface area (Å²) in [5, 5.41) is 0.